The van der Waals surface area contributed by atoms with Crippen LogP contribution in [0.2, 0.25) is 0 Å². The van der Waals surface area contributed by atoms with E-state index in [0.717, 1.165) is 0 Å². The number of aryl methyl sites for hydroxylation is 3. The first-order valence-electron chi connectivity index (χ1n) is 7.48. The molecule has 1 aromatic rings. The fourth-order valence-electron chi connectivity index (χ4n) is 3.31. The van der Waals surface area contributed by atoms with Gasteiger partial charge >= 0.3 is 0 Å². The van der Waals surface area contributed by atoms with Crippen molar-refractivity contribution < 1.29 is 9.84 Å². The normalized spacial score (nSPS) is 27.8. The number of hydrogen-bond donors (Lipinski definition) is 2. The van der Waals surface area contributed by atoms with Crippen molar-refractivity contribution in [3.8, 4) is 0 Å². The van der Waals surface area contributed by atoms with Gasteiger partial charge in [-0.3, -0.25) is 0 Å². The molecule has 2 rings (SSSR count). The Balaban J connectivity index is 2.07. The Hall–Kier alpha value is -0.900. The second-order valence-electron chi connectivity index (χ2n) is 6.28. The predicted octanol–water partition coefficient (Wildman–Crippen LogP) is 2.80. The van der Waals surface area contributed by atoms with E-state index < -0.39 is 5.60 Å². The molecular formula is C17H27NO2. The van der Waals surface area contributed by atoms with Crippen molar-refractivity contribution in [3.63, 3.8) is 0 Å². The Labute approximate surface area is 122 Å². The minimum Gasteiger partial charge on any atom is -0.386 e. The van der Waals surface area contributed by atoms with Crippen molar-refractivity contribution in [2.75, 3.05) is 13.2 Å². The molecule has 1 heterocycles. The van der Waals surface area contributed by atoms with Gasteiger partial charge in [-0.2, -0.15) is 0 Å². The minimum atomic E-state index is -0.735. The molecule has 1 aliphatic heterocycles. The van der Waals surface area contributed by atoms with Gasteiger partial charge < -0.3 is 15.2 Å². The Morgan fingerprint density at radius 1 is 1.35 bits per heavy atom. The van der Waals surface area contributed by atoms with Crippen LogP contribution in [0.5, 0.6) is 0 Å². The van der Waals surface area contributed by atoms with Gasteiger partial charge in [-0.25, -0.2) is 0 Å². The van der Waals surface area contributed by atoms with Gasteiger partial charge in [0.25, 0.3) is 0 Å². The second kappa shape index (κ2) is 5.84. The zero-order valence-electron chi connectivity index (χ0n) is 13.3. The summed E-state index contributed by atoms with van der Waals surface area (Å²) < 4.78 is 5.48. The summed E-state index contributed by atoms with van der Waals surface area (Å²) in [6, 6.07) is 4.67. The molecule has 0 radical (unpaired) electrons. The largest absolute Gasteiger partial charge is 0.386 e. The van der Waals surface area contributed by atoms with Crippen molar-refractivity contribution in [2.24, 2.45) is 0 Å². The van der Waals surface area contributed by atoms with Crippen molar-refractivity contribution in [1.82, 2.24) is 5.32 Å². The maximum Gasteiger partial charge on any atom is 0.105 e. The average Bonchev–Trinajstić information content (AvgIpc) is 2.66. The monoisotopic (exact) mass is 277 g/mol. The Kier molecular flexibility index (Phi) is 4.52. The highest BCUT2D eigenvalue weighted by atomic mass is 16.5. The van der Waals surface area contributed by atoms with Crippen LogP contribution in [0, 0.1) is 20.8 Å². The molecule has 1 aliphatic rings. The highest BCUT2D eigenvalue weighted by Crippen LogP contribution is 2.27. The molecule has 20 heavy (non-hydrogen) atoms. The molecule has 112 valence electrons. The minimum absolute atomic E-state index is 0.0950. The molecule has 1 saturated heterocycles. The van der Waals surface area contributed by atoms with Crippen LogP contribution < -0.4 is 5.32 Å². The summed E-state index contributed by atoms with van der Waals surface area (Å²) in [6.07, 6.45) is 0.613. The third-order valence-electron chi connectivity index (χ3n) is 4.54. The Morgan fingerprint density at radius 2 is 1.95 bits per heavy atom. The average molecular weight is 277 g/mol. The lowest BCUT2D eigenvalue weighted by Gasteiger charge is -2.29. The number of aliphatic hydroxyl groups is 1. The molecule has 1 fully saturated rings. The number of benzene rings is 1. The van der Waals surface area contributed by atoms with E-state index in [4.69, 9.17) is 4.74 Å². The van der Waals surface area contributed by atoms with E-state index in [1.807, 2.05) is 6.92 Å². The zero-order valence-corrected chi connectivity index (χ0v) is 13.3. The Morgan fingerprint density at radius 3 is 2.45 bits per heavy atom. The van der Waals surface area contributed by atoms with E-state index in [2.05, 4.69) is 45.1 Å². The number of rotatable bonds is 4. The van der Waals surface area contributed by atoms with Crippen LogP contribution in [0.25, 0.3) is 0 Å². The molecule has 0 bridgehead atoms. The molecule has 0 aliphatic carbocycles. The van der Waals surface area contributed by atoms with Crippen LogP contribution in [-0.2, 0) is 4.74 Å². The summed E-state index contributed by atoms with van der Waals surface area (Å²) in [4.78, 5) is 0. The van der Waals surface area contributed by atoms with Crippen LogP contribution in [0.3, 0.4) is 0 Å². The summed E-state index contributed by atoms with van der Waals surface area (Å²) in [5.74, 6) is 0. The highest BCUT2D eigenvalue weighted by Gasteiger charge is 2.39. The van der Waals surface area contributed by atoms with Crippen molar-refractivity contribution in [2.45, 2.75) is 58.8 Å². The van der Waals surface area contributed by atoms with Crippen LogP contribution in [0.15, 0.2) is 12.1 Å². The first kappa shape index (κ1) is 15.5. The third kappa shape index (κ3) is 3.05. The van der Waals surface area contributed by atoms with E-state index >= 15 is 0 Å². The van der Waals surface area contributed by atoms with Crippen molar-refractivity contribution in [1.29, 1.82) is 0 Å². The topological polar surface area (TPSA) is 41.5 Å². The molecule has 0 spiro atoms. The van der Waals surface area contributed by atoms with Gasteiger partial charge in [-0.1, -0.05) is 17.7 Å². The van der Waals surface area contributed by atoms with Gasteiger partial charge in [0.05, 0.1) is 6.10 Å². The van der Waals surface area contributed by atoms with E-state index in [9.17, 15) is 5.11 Å². The van der Waals surface area contributed by atoms with Crippen molar-refractivity contribution in [3.05, 3.63) is 34.4 Å². The smallest absolute Gasteiger partial charge is 0.105 e. The molecule has 3 nitrogen and oxygen atoms in total. The lowest BCUT2D eigenvalue weighted by atomic mass is 9.93. The summed E-state index contributed by atoms with van der Waals surface area (Å²) in [6.45, 7) is 11.8. The number of hydrogen-bond acceptors (Lipinski definition) is 3. The molecular weight excluding hydrogens is 250 g/mol. The predicted molar refractivity (Wildman–Crippen MR) is 82.1 cm³/mol. The van der Waals surface area contributed by atoms with Crippen LogP contribution in [-0.4, -0.2) is 30.0 Å². The first-order chi connectivity index (χ1) is 9.33. The van der Waals surface area contributed by atoms with Gasteiger partial charge in [0.2, 0.25) is 0 Å². The second-order valence-corrected chi connectivity index (χ2v) is 6.28. The first-order valence-corrected chi connectivity index (χ1v) is 7.48. The van der Waals surface area contributed by atoms with Crippen molar-refractivity contribution >= 4 is 0 Å². The summed E-state index contributed by atoms with van der Waals surface area (Å²) in [5.41, 5.74) is 4.52. The number of nitrogens with one attached hydrogen (secondary N) is 1. The highest BCUT2D eigenvalue weighted by molar-refractivity contribution is 5.39. The van der Waals surface area contributed by atoms with Crippen LogP contribution >= 0.6 is 0 Å². The van der Waals surface area contributed by atoms with Gasteiger partial charge in [0.15, 0.2) is 0 Å². The molecule has 0 saturated carbocycles. The lowest BCUT2D eigenvalue weighted by Crippen LogP contribution is -2.46. The molecule has 3 unspecified atom stereocenters. The van der Waals surface area contributed by atoms with Gasteiger partial charge in [0.1, 0.15) is 5.60 Å². The molecule has 0 amide bonds. The SMILES string of the molecule is Cc1cc(C)c(C(C)NCC2(O)CCOC2C)c(C)c1. The molecule has 3 atom stereocenters. The fraction of sp³-hybridized carbons (Fsp3) is 0.647. The standard InChI is InChI=1S/C17H27NO2/c1-11-8-12(2)16(13(3)9-11)14(4)18-10-17(19)6-7-20-15(17)5/h8-9,14-15,18-19H,6-7,10H2,1-5H3. The van der Waals surface area contributed by atoms with Gasteiger partial charge in [-0.05, 0) is 51.3 Å². The van der Waals surface area contributed by atoms with Gasteiger partial charge in [0, 0.05) is 25.6 Å². The molecule has 1 aromatic carbocycles. The lowest BCUT2D eigenvalue weighted by molar-refractivity contribution is -0.0274. The molecule has 3 heteroatoms. The third-order valence-corrected chi connectivity index (χ3v) is 4.54. The maximum absolute atomic E-state index is 10.6. The Bertz CT molecular complexity index is 463. The van der Waals surface area contributed by atoms with Gasteiger partial charge in [-0.15, -0.1) is 0 Å². The van der Waals surface area contributed by atoms with E-state index in [1.165, 1.54) is 22.3 Å². The summed E-state index contributed by atoms with van der Waals surface area (Å²) in [5, 5.41) is 14.0. The van der Waals surface area contributed by atoms with E-state index in [0.29, 0.717) is 19.6 Å². The number of ether oxygens (including phenoxy) is 1. The quantitative estimate of drug-likeness (QED) is 0.889. The summed E-state index contributed by atoms with van der Waals surface area (Å²) >= 11 is 0. The van der Waals surface area contributed by atoms with E-state index in [-0.39, 0.29) is 12.1 Å². The maximum atomic E-state index is 10.6. The molecule has 2 N–H and O–H groups in total. The molecule has 0 aromatic heterocycles. The zero-order chi connectivity index (χ0) is 14.9. The van der Waals surface area contributed by atoms with E-state index in [1.54, 1.807) is 0 Å². The van der Waals surface area contributed by atoms with Crippen LogP contribution in [0.4, 0.5) is 0 Å². The fourth-order valence-corrected chi connectivity index (χ4v) is 3.31. The van der Waals surface area contributed by atoms with Crippen LogP contribution in [0.1, 0.15) is 48.6 Å². The summed E-state index contributed by atoms with van der Waals surface area (Å²) in [7, 11) is 0.